The average Bonchev–Trinajstić information content (AvgIpc) is 2.14. The third kappa shape index (κ3) is 2.07. The Bertz CT molecular complexity index is 350. The second-order valence-electron chi connectivity index (χ2n) is 2.37. The smallest absolute Gasteiger partial charge is 0.283 e. The highest BCUT2D eigenvalue weighted by atomic mass is 79.9. The predicted octanol–water partition coefficient (Wildman–Crippen LogP) is 0.0398. The summed E-state index contributed by atoms with van der Waals surface area (Å²) in [5.41, 5.74) is 0.389. The second-order valence-corrected chi connectivity index (χ2v) is 3.17. The molecule has 0 aromatic carbocycles. The Labute approximate surface area is 83.5 Å². The van der Waals surface area contributed by atoms with Gasteiger partial charge in [0, 0.05) is 7.05 Å². The molecule has 0 aliphatic rings. The maximum absolute atomic E-state index is 11.4. The number of nitrogens with zero attached hydrogens (tertiary/aromatic N) is 2. The molecule has 6 heteroatoms. The van der Waals surface area contributed by atoms with Crippen molar-refractivity contribution in [1.82, 2.24) is 9.78 Å². The van der Waals surface area contributed by atoms with Gasteiger partial charge in [0.1, 0.15) is 4.47 Å². The van der Waals surface area contributed by atoms with Crippen molar-refractivity contribution in [3.8, 4) is 0 Å². The van der Waals surface area contributed by atoms with E-state index in [1.54, 1.807) is 7.05 Å². The van der Waals surface area contributed by atoms with Gasteiger partial charge in [0.15, 0.2) is 0 Å². The summed E-state index contributed by atoms with van der Waals surface area (Å²) in [4.78, 5) is 11.4. The summed E-state index contributed by atoms with van der Waals surface area (Å²) in [5.74, 6) is 0. The van der Waals surface area contributed by atoms with Gasteiger partial charge < -0.3 is 10.4 Å². The van der Waals surface area contributed by atoms with Crippen molar-refractivity contribution in [1.29, 1.82) is 0 Å². The Balaban J connectivity index is 3.16. The molecule has 1 heterocycles. The molecule has 0 atom stereocenters. The molecule has 1 aromatic rings. The second kappa shape index (κ2) is 4.38. The van der Waals surface area contributed by atoms with Crippen molar-refractivity contribution in [3.63, 3.8) is 0 Å². The third-order valence-corrected chi connectivity index (χ3v) is 2.33. The number of anilines is 1. The van der Waals surface area contributed by atoms with Crippen LogP contribution in [-0.4, -0.2) is 28.5 Å². The van der Waals surface area contributed by atoms with E-state index < -0.39 is 0 Å². The van der Waals surface area contributed by atoms with E-state index in [2.05, 4.69) is 26.3 Å². The van der Waals surface area contributed by atoms with E-state index in [0.717, 1.165) is 0 Å². The van der Waals surface area contributed by atoms with Gasteiger partial charge in [-0.2, -0.15) is 5.10 Å². The predicted molar refractivity (Wildman–Crippen MR) is 52.8 cm³/mol. The topological polar surface area (TPSA) is 67.2 Å². The number of aliphatic hydroxyl groups excluding tert-OH is 1. The van der Waals surface area contributed by atoms with Gasteiger partial charge in [0.05, 0.1) is 25.0 Å². The number of rotatable bonds is 3. The standard InChI is InChI=1S/C7H10BrN3O2/c1-9-5-4-10-11(2-3-12)7(13)6(5)8/h4,9,12H,2-3H2,1H3. The van der Waals surface area contributed by atoms with Crippen LogP contribution in [0.1, 0.15) is 0 Å². The van der Waals surface area contributed by atoms with E-state index >= 15 is 0 Å². The van der Waals surface area contributed by atoms with Crippen molar-refractivity contribution in [3.05, 3.63) is 21.0 Å². The van der Waals surface area contributed by atoms with Crippen LogP contribution in [0.2, 0.25) is 0 Å². The zero-order valence-electron chi connectivity index (χ0n) is 7.12. The normalized spacial score (nSPS) is 10.1. The van der Waals surface area contributed by atoms with Crippen LogP contribution in [0.5, 0.6) is 0 Å². The lowest BCUT2D eigenvalue weighted by Gasteiger charge is -2.05. The molecule has 1 rings (SSSR count). The molecule has 0 saturated carbocycles. The average molecular weight is 248 g/mol. The van der Waals surface area contributed by atoms with Gasteiger partial charge in [-0.3, -0.25) is 4.79 Å². The molecular formula is C7H10BrN3O2. The van der Waals surface area contributed by atoms with Gasteiger partial charge in [0.25, 0.3) is 5.56 Å². The van der Waals surface area contributed by atoms with Gasteiger partial charge in [-0.25, -0.2) is 4.68 Å². The molecule has 0 saturated heterocycles. The molecule has 5 nitrogen and oxygen atoms in total. The van der Waals surface area contributed by atoms with E-state index in [4.69, 9.17) is 5.11 Å². The molecule has 72 valence electrons. The van der Waals surface area contributed by atoms with Gasteiger partial charge in [-0.1, -0.05) is 0 Å². The lowest BCUT2D eigenvalue weighted by molar-refractivity contribution is 0.266. The van der Waals surface area contributed by atoms with Crippen molar-refractivity contribution in [2.24, 2.45) is 0 Å². The largest absolute Gasteiger partial charge is 0.394 e. The van der Waals surface area contributed by atoms with Crippen LogP contribution in [0.4, 0.5) is 5.69 Å². The molecule has 0 radical (unpaired) electrons. The van der Waals surface area contributed by atoms with Crippen LogP contribution in [0.15, 0.2) is 15.5 Å². The monoisotopic (exact) mass is 247 g/mol. The molecule has 13 heavy (non-hydrogen) atoms. The third-order valence-electron chi connectivity index (χ3n) is 1.57. The Morgan fingerprint density at radius 1 is 1.77 bits per heavy atom. The van der Waals surface area contributed by atoms with Crippen molar-refractivity contribution >= 4 is 21.6 Å². The zero-order valence-corrected chi connectivity index (χ0v) is 8.71. The molecule has 0 aliphatic heterocycles. The molecule has 0 unspecified atom stereocenters. The Kier molecular flexibility index (Phi) is 3.44. The Morgan fingerprint density at radius 2 is 2.46 bits per heavy atom. The van der Waals surface area contributed by atoms with Crippen LogP contribution >= 0.6 is 15.9 Å². The molecule has 0 amide bonds. The quantitative estimate of drug-likeness (QED) is 0.792. The van der Waals surface area contributed by atoms with Gasteiger partial charge in [0.2, 0.25) is 0 Å². The van der Waals surface area contributed by atoms with E-state index in [1.165, 1.54) is 10.9 Å². The summed E-state index contributed by atoms with van der Waals surface area (Å²) >= 11 is 3.14. The highest BCUT2D eigenvalue weighted by Crippen LogP contribution is 2.14. The van der Waals surface area contributed by atoms with Crippen LogP contribution in [0.3, 0.4) is 0 Å². The SMILES string of the molecule is CNc1cnn(CCO)c(=O)c1Br. The fraction of sp³-hybridized carbons (Fsp3) is 0.429. The van der Waals surface area contributed by atoms with E-state index in [-0.39, 0.29) is 18.7 Å². The first-order valence-corrected chi connectivity index (χ1v) is 4.54. The van der Waals surface area contributed by atoms with Crippen molar-refractivity contribution in [2.75, 3.05) is 19.0 Å². The fourth-order valence-corrected chi connectivity index (χ4v) is 1.40. The molecule has 2 N–H and O–H groups in total. The van der Waals surface area contributed by atoms with Crippen LogP contribution < -0.4 is 10.9 Å². The van der Waals surface area contributed by atoms with E-state index in [9.17, 15) is 4.79 Å². The first-order valence-electron chi connectivity index (χ1n) is 3.75. The number of nitrogens with one attached hydrogen (secondary N) is 1. The lowest BCUT2D eigenvalue weighted by Crippen LogP contribution is -2.25. The minimum Gasteiger partial charge on any atom is -0.394 e. The maximum atomic E-state index is 11.4. The van der Waals surface area contributed by atoms with E-state index in [0.29, 0.717) is 10.2 Å². The molecule has 0 spiro atoms. The lowest BCUT2D eigenvalue weighted by atomic mass is 10.4. The Morgan fingerprint density at radius 3 is 3.00 bits per heavy atom. The van der Waals surface area contributed by atoms with E-state index in [1.807, 2.05) is 0 Å². The molecule has 0 bridgehead atoms. The van der Waals surface area contributed by atoms with Crippen LogP contribution in [0.25, 0.3) is 0 Å². The number of hydrogen-bond acceptors (Lipinski definition) is 4. The molecule has 0 aliphatic carbocycles. The summed E-state index contributed by atoms with van der Waals surface area (Å²) in [7, 11) is 1.71. The number of aliphatic hydroxyl groups is 1. The molecule has 0 fully saturated rings. The Hall–Kier alpha value is -0.880. The van der Waals surface area contributed by atoms with Crippen LogP contribution in [0, 0.1) is 0 Å². The summed E-state index contributed by atoms with van der Waals surface area (Å²) in [6, 6.07) is 0. The van der Waals surface area contributed by atoms with Crippen LogP contribution in [-0.2, 0) is 6.54 Å². The number of halogens is 1. The highest BCUT2D eigenvalue weighted by molar-refractivity contribution is 9.10. The van der Waals surface area contributed by atoms with Gasteiger partial charge in [-0.05, 0) is 15.9 Å². The summed E-state index contributed by atoms with van der Waals surface area (Å²) in [5, 5.41) is 15.3. The fourth-order valence-electron chi connectivity index (χ4n) is 0.893. The summed E-state index contributed by atoms with van der Waals surface area (Å²) in [6.07, 6.45) is 1.53. The highest BCUT2D eigenvalue weighted by Gasteiger charge is 2.06. The summed E-state index contributed by atoms with van der Waals surface area (Å²) < 4.78 is 1.63. The number of aromatic nitrogens is 2. The summed E-state index contributed by atoms with van der Waals surface area (Å²) in [6.45, 7) is 0.111. The minimum absolute atomic E-state index is 0.0990. The first kappa shape index (κ1) is 10.2. The zero-order chi connectivity index (χ0) is 9.84. The first-order chi connectivity index (χ1) is 6.20. The van der Waals surface area contributed by atoms with Gasteiger partial charge in [-0.15, -0.1) is 0 Å². The molecular weight excluding hydrogens is 238 g/mol. The van der Waals surface area contributed by atoms with Gasteiger partial charge >= 0.3 is 0 Å². The minimum atomic E-state index is -0.249. The molecule has 1 aromatic heterocycles. The number of hydrogen-bond donors (Lipinski definition) is 2. The van der Waals surface area contributed by atoms with Crippen molar-refractivity contribution < 1.29 is 5.11 Å². The van der Waals surface area contributed by atoms with Crippen molar-refractivity contribution in [2.45, 2.75) is 6.54 Å². The maximum Gasteiger partial charge on any atom is 0.283 e.